The van der Waals surface area contributed by atoms with Crippen LogP contribution >= 0.6 is 11.6 Å². The van der Waals surface area contributed by atoms with E-state index >= 15 is 0 Å². The van der Waals surface area contributed by atoms with Gasteiger partial charge in [0.05, 0.1) is 22.6 Å². The Balaban J connectivity index is 3.14. The van der Waals surface area contributed by atoms with Crippen LogP contribution in [-0.4, -0.2) is 45.9 Å². The number of hydrogen-bond donors (Lipinski definition) is 1. The molecule has 8 heteroatoms. The number of esters is 1. The highest BCUT2D eigenvalue weighted by molar-refractivity contribution is 7.89. The Morgan fingerprint density at radius 3 is 2.45 bits per heavy atom. The minimum Gasteiger partial charge on any atom is -0.465 e. The number of rotatable bonds is 6. The summed E-state index contributed by atoms with van der Waals surface area (Å²) in [5, 5.41) is 0.0272. The van der Waals surface area contributed by atoms with Crippen molar-refractivity contribution >= 4 is 27.6 Å². The van der Waals surface area contributed by atoms with Crippen molar-refractivity contribution in [2.24, 2.45) is 11.1 Å². The minimum absolute atomic E-state index is 0.0143. The predicted molar refractivity (Wildman–Crippen MR) is 85.4 cm³/mol. The van der Waals surface area contributed by atoms with Crippen molar-refractivity contribution < 1.29 is 17.9 Å². The minimum atomic E-state index is -3.71. The molecule has 0 saturated heterocycles. The number of benzene rings is 1. The molecule has 0 aliphatic rings. The lowest BCUT2D eigenvalue weighted by Crippen LogP contribution is -2.39. The first kappa shape index (κ1) is 18.9. The summed E-state index contributed by atoms with van der Waals surface area (Å²) in [7, 11) is -1.00. The molecule has 0 saturated carbocycles. The topological polar surface area (TPSA) is 89.7 Å². The van der Waals surface area contributed by atoms with Crippen LogP contribution in [0.2, 0.25) is 5.02 Å². The lowest BCUT2D eigenvalue weighted by atomic mass is 9.94. The van der Waals surface area contributed by atoms with E-state index in [0.717, 1.165) is 0 Å². The van der Waals surface area contributed by atoms with Gasteiger partial charge in [0.25, 0.3) is 0 Å². The maximum atomic E-state index is 12.5. The van der Waals surface area contributed by atoms with E-state index < -0.39 is 16.0 Å². The van der Waals surface area contributed by atoms with E-state index in [-0.39, 0.29) is 27.4 Å². The van der Waals surface area contributed by atoms with Gasteiger partial charge in [0.15, 0.2) is 0 Å². The number of halogens is 1. The molecule has 0 amide bonds. The van der Waals surface area contributed by atoms with Crippen LogP contribution in [-0.2, 0) is 14.8 Å². The third-order valence-electron chi connectivity index (χ3n) is 3.26. The van der Waals surface area contributed by atoms with E-state index in [1.807, 2.05) is 13.8 Å². The number of nitrogens with two attached hydrogens (primary N) is 1. The Hall–Kier alpha value is -1.15. The van der Waals surface area contributed by atoms with Crippen molar-refractivity contribution in [2.45, 2.75) is 18.7 Å². The molecule has 124 valence electrons. The Morgan fingerprint density at radius 2 is 2.00 bits per heavy atom. The lowest BCUT2D eigenvalue weighted by molar-refractivity contribution is 0.0601. The van der Waals surface area contributed by atoms with Crippen molar-refractivity contribution in [1.29, 1.82) is 0 Å². The fourth-order valence-electron chi connectivity index (χ4n) is 1.86. The highest BCUT2D eigenvalue weighted by Gasteiger charge is 2.28. The van der Waals surface area contributed by atoms with E-state index in [4.69, 9.17) is 17.3 Å². The third-order valence-corrected chi connectivity index (χ3v) is 5.37. The largest absolute Gasteiger partial charge is 0.465 e. The summed E-state index contributed by atoms with van der Waals surface area (Å²) in [5.41, 5.74) is 5.40. The first-order valence-corrected chi connectivity index (χ1v) is 8.41. The fourth-order valence-corrected chi connectivity index (χ4v) is 3.57. The van der Waals surface area contributed by atoms with Crippen LogP contribution in [0, 0.1) is 5.41 Å². The normalized spacial score (nSPS) is 12.5. The van der Waals surface area contributed by atoms with Gasteiger partial charge in [-0.05, 0) is 30.2 Å². The Bertz CT molecular complexity index is 659. The van der Waals surface area contributed by atoms with Crippen LogP contribution < -0.4 is 5.73 Å². The van der Waals surface area contributed by atoms with Gasteiger partial charge in [-0.2, -0.15) is 0 Å². The summed E-state index contributed by atoms with van der Waals surface area (Å²) in [6.45, 7) is 4.38. The number of sulfonamides is 1. The third kappa shape index (κ3) is 4.19. The fraction of sp³-hybridized carbons (Fsp3) is 0.500. The van der Waals surface area contributed by atoms with Gasteiger partial charge in [-0.15, -0.1) is 0 Å². The van der Waals surface area contributed by atoms with Crippen LogP contribution in [0.15, 0.2) is 23.1 Å². The molecule has 2 N–H and O–H groups in total. The summed E-state index contributed by atoms with van der Waals surface area (Å²) >= 11 is 5.97. The summed E-state index contributed by atoms with van der Waals surface area (Å²) in [6, 6.07) is 3.91. The van der Waals surface area contributed by atoms with Crippen molar-refractivity contribution in [3.63, 3.8) is 0 Å². The van der Waals surface area contributed by atoms with Gasteiger partial charge in [-0.1, -0.05) is 25.4 Å². The summed E-state index contributed by atoms with van der Waals surface area (Å²) in [6.07, 6.45) is 0. The molecular weight excluding hydrogens is 328 g/mol. The molecule has 0 bridgehead atoms. The van der Waals surface area contributed by atoms with Crippen molar-refractivity contribution in [3.8, 4) is 0 Å². The van der Waals surface area contributed by atoms with E-state index in [9.17, 15) is 13.2 Å². The zero-order valence-corrected chi connectivity index (χ0v) is 14.7. The molecule has 0 aliphatic heterocycles. The number of carbonyl (C=O) groups is 1. The van der Waals surface area contributed by atoms with E-state index in [0.29, 0.717) is 6.54 Å². The molecule has 1 rings (SSSR count). The SMILES string of the molecule is COC(=O)c1ccc(S(=O)(=O)N(C)CC(C)(C)CN)cc1Cl. The lowest BCUT2D eigenvalue weighted by Gasteiger charge is -2.28. The summed E-state index contributed by atoms with van der Waals surface area (Å²) in [4.78, 5) is 11.5. The van der Waals surface area contributed by atoms with Gasteiger partial charge in [-0.25, -0.2) is 17.5 Å². The maximum Gasteiger partial charge on any atom is 0.339 e. The Labute approximate surface area is 136 Å². The maximum absolute atomic E-state index is 12.5. The highest BCUT2D eigenvalue weighted by Crippen LogP contribution is 2.25. The number of methoxy groups -OCH3 is 1. The van der Waals surface area contributed by atoms with Crippen LogP contribution in [0.25, 0.3) is 0 Å². The van der Waals surface area contributed by atoms with Crippen LogP contribution in [0.3, 0.4) is 0 Å². The van der Waals surface area contributed by atoms with Gasteiger partial charge in [0.2, 0.25) is 10.0 Å². The molecule has 22 heavy (non-hydrogen) atoms. The number of nitrogens with zero attached hydrogens (tertiary/aromatic N) is 1. The molecule has 0 aliphatic carbocycles. The molecule has 0 unspecified atom stereocenters. The molecule has 0 aromatic heterocycles. The molecule has 0 atom stereocenters. The van der Waals surface area contributed by atoms with Crippen LogP contribution in [0.4, 0.5) is 0 Å². The van der Waals surface area contributed by atoms with E-state index in [1.54, 1.807) is 0 Å². The van der Waals surface area contributed by atoms with Crippen LogP contribution in [0.1, 0.15) is 24.2 Å². The van der Waals surface area contributed by atoms with Crippen molar-refractivity contribution in [3.05, 3.63) is 28.8 Å². The van der Waals surface area contributed by atoms with Gasteiger partial charge >= 0.3 is 5.97 Å². The average molecular weight is 349 g/mol. The molecule has 6 nitrogen and oxygen atoms in total. The van der Waals surface area contributed by atoms with Crippen LogP contribution in [0.5, 0.6) is 0 Å². The molecule has 0 heterocycles. The molecule has 1 aromatic rings. The van der Waals surface area contributed by atoms with Gasteiger partial charge in [0, 0.05) is 13.6 Å². The molecular formula is C14H21ClN2O4S. The summed E-state index contributed by atoms with van der Waals surface area (Å²) in [5.74, 6) is -0.619. The monoisotopic (exact) mass is 348 g/mol. The predicted octanol–water partition coefficient (Wildman–Crippen LogP) is 1.73. The molecule has 1 aromatic carbocycles. The van der Waals surface area contributed by atoms with E-state index in [1.165, 1.54) is 36.7 Å². The molecule has 0 radical (unpaired) electrons. The molecule has 0 spiro atoms. The Morgan fingerprint density at radius 1 is 1.41 bits per heavy atom. The number of hydrogen-bond acceptors (Lipinski definition) is 5. The second-order valence-electron chi connectivity index (χ2n) is 5.76. The van der Waals surface area contributed by atoms with Gasteiger partial charge < -0.3 is 10.5 Å². The van der Waals surface area contributed by atoms with Crippen molar-refractivity contribution in [1.82, 2.24) is 4.31 Å². The quantitative estimate of drug-likeness (QED) is 0.791. The number of carbonyl (C=O) groups excluding carboxylic acids is 1. The molecule has 0 fully saturated rings. The van der Waals surface area contributed by atoms with Gasteiger partial charge in [-0.3, -0.25) is 0 Å². The first-order chi connectivity index (χ1) is 10.0. The first-order valence-electron chi connectivity index (χ1n) is 6.59. The zero-order chi connectivity index (χ0) is 17.1. The zero-order valence-electron chi connectivity index (χ0n) is 13.1. The average Bonchev–Trinajstić information content (AvgIpc) is 2.45. The van der Waals surface area contributed by atoms with Crippen molar-refractivity contribution in [2.75, 3.05) is 27.2 Å². The number of ether oxygens (including phenoxy) is 1. The Kier molecular flexibility index (Phi) is 5.97. The van der Waals surface area contributed by atoms with Gasteiger partial charge in [0.1, 0.15) is 0 Å². The highest BCUT2D eigenvalue weighted by atomic mass is 35.5. The second-order valence-corrected chi connectivity index (χ2v) is 8.21. The summed E-state index contributed by atoms with van der Waals surface area (Å²) < 4.78 is 30.9. The second kappa shape index (κ2) is 6.95. The van der Waals surface area contributed by atoms with E-state index in [2.05, 4.69) is 4.74 Å². The standard InChI is InChI=1S/C14H21ClN2O4S/c1-14(2,8-16)9-17(3)22(19,20)10-5-6-11(12(15)7-10)13(18)21-4/h5-7H,8-9,16H2,1-4H3. The smallest absolute Gasteiger partial charge is 0.339 e.